The highest BCUT2D eigenvalue weighted by Crippen LogP contribution is 2.38. The van der Waals surface area contributed by atoms with Crippen molar-refractivity contribution in [2.24, 2.45) is 11.8 Å². The predicted octanol–water partition coefficient (Wildman–Crippen LogP) is 9.69. The molecule has 260 valence electrons. The van der Waals surface area contributed by atoms with E-state index in [1.165, 1.54) is 11.0 Å². The van der Waals surface area contributed by atoms with Crippen LogP contribution in [0.3, 0.4) is 0 Å². The molecule has 5 atom stereocenters. The normalized spacial score (nSPS) is 26.7. The summed E-state index contributed by atoms with van der Waals surface area (Å²) in [7, 11) is -1.39. The fourth-order valence-corrected chi connectivity index (χ4v) is 4.65. The van der Waals surface area contributed by atoms with Crippen LogP contribution in [-0.4, -0.2) is 60.8 Å². The van der Waals surface area contributed by atoms with Gasteiger partial charge in [0.1, 0.15) is 23.0 Å². The fourth-order valence-electron chi connectivity index (χ4n) is 4.65. The molecule has 0 bridgehead atoms. The van der Waals surface area contributed by atoms with Gasteiger partial charge in [0.15, 0.2) is 13.2 Å². The van der Waals surface area contributed by atoms with E-state index < -0.39 is 36.9 Å². The van der Waals surface area contributed by atoms with Crippen LogP contribution in [0.5, 0.6) is 5.75 Å². The molecule has 3 rings (SSSR count). The van der Waals surface area contributed by atoms with Crippen molar-refractivity contribution in [1.29, 1.82) is 0 Å². The van der Waals surface area contributed by atoms with Gasteiger partial charge < -0.3 is 24.1 Å². The Kier molecular flexibility index (Phi) is 13.2. The molecule has 1 aromatic carbocycles. The third-order valence-electron chi connectivity index (χ3n) is 8.52. The summed E-state index contributed by atoms with van der Waals surface area (Å²) in [6.07, 6.45) is 6.97. The van der Waals surface area contributed by atoms with E-state index in [2.05, 4.69) is 46.9 Å². The Bertz CT molecular complexity index is 1260. The maximum atomic E-state index is 13.3. The lowest BCUT2D eigenvalue weighted by molar-refractivity contribution is -0.148. The number of hydrogen-bond acceptors (Lipinski definition) is 7. The average molecular weight is 680 g/mol. The molecule has 0 aromatic heterocycles. The SMILES string of the molecule is CC(C)(C)[Si](C)(C)Cl.CCN(C(=O)OC(C)(C)C)c1cc(O)c2c(c1)/C=C/C[C@@H]1OC(C)(C)O[C@@H]1C(C)/C=C\[C@@H](C)[C@H](C)OC2=O. The molecule has 1 saturated heterocycles. The number of benzene rings is 1. The molecular formula is C36H58ClNO7Si. The van der Waals surface area contributed by atoms with Gasteiger partial charge in [-0.1, -0.05) is 72.0 Å². The number of aromatic hydroxyl groups is 1. The summed E-state index contributed by atoms with van der Waals surface area (Å²) in [6.45, 7) is 28.2. The van der Waals surface area contributed by atoms with Crippen LogP contribution < -0.4 is 4.90 Å². The molecule has 2 heterocycles. The van der Waals surface area contributed by atoms with Crippen molar-refractivity contribution in [3.63, 3.8) is 0 Å². The van der Waals surface area contributed by atoms with Crippen molar-refractivity contribution in [3.8, 4) is 5.75 Å². The highest BCUT2D eigenvalue weighted by molar-refractivity contribution is 7.20. The number of carbonyl (C=O) groups is 2. The highest BCUT2D eigenvalue weighted by Gasteiger charge is 2.42. The minimum Gasteiger partial charge on any atom is -0.507 e. The minimum absolute atomic E-state index is 0.0409. The molecule has 46 heavy (non-hydrogen) atoms. The first kappa shape index (κ1) is 39.8. The first-order valence-electron chi connectivity index (χ1n) is 16.3. The Hall–Kier alpha value is -2.33. The van der Waals surface area contributed by atoms with Crippen molar-refractivity contribution < 1.29 is 33.6 Å². The molecule has 2 aliphatic rings. The maximum Gasteiger partial charge on any atom is 0.414 e. The summed E-state index contributed by atoms with van der Waals surface area (Å²) in [4.78, 5) is 27.6. The number of esters is 1. The van der Waals surface area contributed by atoms with Crippen molar-refractivity contribution in [2.75, 3.05) is 11.4 Å². The van der Waals surface area contributed by atoms with Gasteiger partial charge in [-0.15, -0.1) is 0 Å². The lowest BCUT2D eigenvalue weighted by atomic mass is 9.94. The second-order valence-electron chi connectivity index (χ2n) is 15.4. The highest BCUT2D eigenvalue weighted by atomic mass is 35.6. The maximum absolute atomic E-state index is 13.3. The van der Waals surface area contributed by atoms with Crippen LogP contribution in [0.2, 0.25) is 18.1 Å². The summed E-state index contributed by atoms with van der Waals surface area (Å²) >= 11 is 6.15. The Balaban J connectivity index is 0.000000812. The first-order chi connectivity index (χ1) is 20.9. The topological polar surface area (TPSA) is 94.5 Å². The number of fused-ring (bicyclic) bond motifs is 2. The van der Waals surface area contributed by atoms with E-state index in [1.54, 1.807) is 32.9 Å². The van der Waals surface area contributed by atoms with E-state index in [4.69, 9.17) is 30.0 Å². The molecule has 1 unspecified atom stereocenters. The van der Waals surface area contributed by atoms with Gasteiger partial charge >= 0.3 is 12.1 Å². The number of carbonyl (C=O) groups excluding carboxylic acids is 2. The number of amides is 1. The zero-order valence-corrected chi connectivity index (χ0v) is 32.2. The monoisotopic (exact) mass is 679 g/mol. The molecule has 0 saturated carbocycles. The molecule has 0 spiro atoms. The lowest BCUT2D eigenvalue weighted by Gasteiger charge is -2.29. The van der Waals surface area contributed by atoms with Crippen LogP contribution in [0.25, 0.3) is 6.08 Å². The van der Waals surface area contributed by atoms with Gasteiger partial charge in [-0.05, 0) is 71.6 Å². The van der Waals surface area contributed by atoms with E-state index in [0.717, 1.165) is 0 Å². The summed E-state index contributed by atoms with van der Waals surface area (Å²) in [5.74, 6) is -1.61. The number of rotatable bonds is 2. The number of ether oxygens (including phenoxy) is 4. The van der Waals surface area contributed by atoms with Gasteiger partial charge in [-0.3, -0.25) is 4.90 Å². The zero-order chi connectivity index (χ0) is 35.4. The molecule has 10 heteroatoms. The summed E-state index contributed by atoms with van der Waals surface area (Å²) in [6, 6.07) is 3.09. The average Bonchev–Trinajstić information content (AvgIpc) is 3.19. The molecule has 0 aliphatic carbocycles. The van der Waals surface area contributed by atoms with Gasteiger partial charge in [0.05, 0.1) is 17.9 Å². The smallest absolute Gasteiger partial charge is 0.414 e. The largest absolute Gasteiger partial charge is 0.507 e. The van der Waals surface area contributed by atoms with Crippen molar-refractivity contribution in [1.82, 2.24) is 0 Å². The van der Waals surface area contributed by atoms with Crippen LogP contribution in [0.1, 0.15) is 105 Å². The van der Waals surface area contributed by atoms with Gasteiger partial charge in [0.2, 0.25) is 0 Å². The van der Waals surface area contributed by atoms with E-state index in [9.17, 15) is 14.7 Å². The van der Waals surface area contributed by atoms with Crippen LogP contribution in [0.4, 0.5) is 10.5 Å². The van der Waals surface area contributed by atoms with E-state index in [-0.39, 0.29) is 35.4 Å². The van der Waals surface area contributed by atoms with Crippen LogP contribution in [0, 0.1) is 11.8 Å². The molecule has 1 fully saturated rings. The Labute approximate surface area is 283 Å². The minimum atomic E-state index is -1.39. The number of cyclic esters (lactones) is 1. The van der Waals surface area contributed by atoms with Crippen molar-refractivity contribution in [3.05, 3.63) is 41.5 Å². The fraction of sp³-hybridized carbons (Fsp3) is 0.667. The Morgan fingerprint density at radius 3 is 2.15 bits per heavy atom. The quantitative estimate of drug-likeness (QED) is 0.144. The van der Waals surface area contributed by atoms with Crippen LogP contribution >= 0.6 is 11.1 Å². The van der Waals surface area contributed by atoms with E-state index in [1.807, 2.05) is 46.8 Å². The van der Waals surface area contributed by atoms with E-state index in [0.29, 0.717) is 29.3 Å². The standard InChI is InChI=1S/C30H43NO7.C6H15ClSi/c1-10-31(28(34)38-29(5,6)7)22-16-21-12-11-13-24-26(37-30(8,9)36-24)19(3)15-14-18(2)20(4)35-27(33)25(21)23(32)17-22;1-6(2,3)8(4,5)7/h11-12,14-20,24,26,32H,10,13H2,1-9H3;1-5H3/b12-11+,15-14-;/t18-,19?,20+,24+,26-;/m1./s1. The molecule has 1 amide bonds. The first-order valence-corrected chi connectivity index (χ1v) is 20.4. The van der Waals surface area contributed by atoms with Crippen molar-refractivity contribution >= 4 is 42.3 Å². The number of nitrogens with zero attached hydrogens (tertiary/aromatic N) is 1. The summed E-state index contributed by atoms with van der Waals surface area (Å²) in [5, 5.41) is 11.3. The van der Waals surface area contributed by atoms with E-state index >= 15 is 0 Å². The molecule has 2 aliphatic heterocycles. The zero-order valence-electron chi connectivity index (χ0n) is 30.5. The molecular weight excluding hydrogens is 622 g/mol. The second-order valence-corrected chi connectivity index (χ2v) is 22.6. The second kappa shape index (κ2) is 15.3. The Morgan fingerprint density at radius 1 is 1.07 bits per heavy atom. The summed E-state index contributed by atoms with van der Waals surface area (Å²) in [5.41, 5.74) is 0.200. The number of hydrogen-bond donors (Lipinski definition) is 1. The van der Waals surface area contributed by atoms with Gasteiger partial charge in [0.25, 0.3) is 0 Å². The lowest BCUT2D eigenvalue weighted by Crippen LogP contribution is -2.36. The molecule has 0 radical (unpaired) electrons. The third kappa shape index (κ3) is 11.1. The summed E-state index contributed by atoms with van der Waals surface area (Å²) < 4.78 is 23.7. The third-order valence-corrected chi connectivity index (χ3v) is 13.8. The number of halogens is 1. The van der Waals surface area contributed by atoms with Crippen molar-refractivity contribution in [2.45, 2.75) is 137 Å². The van der Waals surface area contributed by atoms with Crippen LogP contribution in [-0.2, 0) is 18.9 Å². The number of phenolic OH excluding ortho intramolecular Hbond substituents is 1. The van der Waals surface area contributed by atoms with Gasteiger partial charge in [-0.25, -0.2) is 9.59 Å². The van der Waals surface area contributed by atoms with Crippen LogP contribution in [0.15, 0.2) is 30.4 Å². The molecule has 1 aromatic rings. The predicted molar refractivity (Wildman–Crippen MR) is 190 cm³/mol. The number of phenols is 1. The molecule has 8 nitrogen and oxygen atoms in total. The molecule has 1 N–H and O–H groups in total. The van der Waals surface area contributed by atoms with Gasteiger partial charge in [0, 0.05) is 24.4 Å². The number of anilines is 1. The Morgan fingerprint density at radius 2 is 1.63 bits per heavy atom. The van der Waals surface area contributed by atoms with Gasteiger partial charge in [-0.2, -0.15) is 11.1 Å².